The minimum Gasteiger partial charge on any atom is -0.381 e. The molecule has 36 heavy (non-hydrogen) atoms. The lowest BCUT2D eigenvalue weighted by Crippen LogP contribution is -2.47. The third kappa shape index (κ3) is 5.29. The van der Waals surface area contributed by atoms with Gasteiger partial charge in [0.2, 0.25) is 5.91 Å². The molecule has 0 bridgehead atoms. The number of anilines is 2. The Morgan fingerprint density at radius 3 is 2.44 bits per heavy atom. The molecule has 1 unspecified atom stereocenters. The zero-order chi connectivity index (χ0) is 25.7. The quantitative estimate of drug-likeness (QED) is 0.479. The minimum atomic E-state index is -0.748. The molecule has 1 saturated heterocycles. The fourth-order valence-electron chi connectivity index (χ4n) is 5.00. The number of carbonyl (C=O) groups is 2. The van der Waals surface area contributed by atoms with Crippen LogP contribution in [0.5, 0.6) is 0 Å². The highest BCUT2D eigenvalue weighted by atomic mass is 16.5. The summed E-state index contributed by atoms with van der Waals surface area (Å²) in [4.78, 5) is 33.7. The molecule has 188 valence electrons. The second kappa shape index (κ2) is 11.4. The number of carbonyl (C=O) groups excluding carboxylic acids is 2. The van der Waals surface area contributed by atoms with Gasteiger partial charge in [0, 0.05) is 48.9 Å². The highest BCUT2D eigenvalue weighted by Gasteiger charge is 2.46. The topological polar surface area (TPSA) is 53.1 Å². The van der Waals surface area contributed by atoms with Gasteiger partial charge in [-0.2, -0.15) is 0 Å². The zero-order valence-electron chi connectivity index (χ0n) is 21.4. The SMILES string of the molecule is C=C(C)/C=C(\C=C/C)N(C(=O)CN(C)c1ccccc1)C1C(=O)N(C2CCOCC2)c2ccccc21. The Morgan fingerprint density at radius 1 is 1.11 bits per heavy atom. The number of para-hydroxylation sites is 2. The fraction of sp³-hybridized carbons (Fsp3) is 0.333. The highest BCUT2D eigenvalue weighted by Crippen LogP contribution is 2.43. The molecule has 6 nitrogen and oxygen atoms in total. The van der Waals surface area contributed by atoms with Gasteiger partial charge in [0.25, 0.3) is 5.91 Å². The number of amides is 2. The molecule has 0 aromatic heterocycles. The molecule has 1 fully saturated rings. The van der Waals surface area contributed by atoms with Gasteiger partial charge in [-0.3, -0.25) is 14.5 Å². The lowest BCUT2D eigenvalue weighted by atomic mass is 10.0. The lowest BCUT2D eigenvalue weighted by Gasteiger charge is -2.34. The average Bonchev–Trinajstić information content (AvgIpc) is 3.16. The van der Waals surface area contributed by atoms with Crippen molar-refractivity contribution >= 4 is 23.2 Å². The van der Waals surface area contributed by atoms with E-state index in [2.05, 4.69) is 6.58 Å². The van der Waals surface area contributed by atoms with Gasteiger partial charge in [0.05, 0.1) is 6.54 Å². The molecule has 0 aliphatic carbocycles. The summed E-state index contributed by atoms with van der Waals surface area (Å²) < 4.78 is 5.56. The Kier molecular flexibility index (Phi) is 8.06. The van der Waals surface area contributed by atoms with Crippen LogP contribution in [-0.2, 0) is 14.3 Å². The molecule has 0 spiro atoms. The summed E-state index contributed by atoms with van der Waals surface area (Å²) in [5.74, 6) is -0.232. The van der Waals surface area contributed by atoms with Crippen molar-refractivity contribution in [1.29, 1.82) is 0 Å². The van der Waals surface area contributed by atoms with Gasteiger partial charge in [-0.05, 0) is 57.0 Å². The van der Waals surface area contributed by atoms with Crippen molar-refractivity contribution in [2.24, 2.45) is 0 Å². The van der Waals surface area contributed by atoms with Crippen molar-refractivity contribution in [1.82, 2.24) is 4.90 Å². The van der Waals surface area contributed by atoms with E-state index in [1.54, 1.807) is 4.90 Å². The Hall–Kier alpha value is -3.64. The predicted molar refractivity (Wildman–Crippen MR) is 145 cm³/mol. The van der Waals surface area contributed by atoms with Crippen LogP contribution in [0.3, 0.4) is 0 Å². The number of hydrogen-bond donors (Lipinski definition) is 0. The van der Waals surface area contributed by atoms with Crippen LogP contribution in [-0.4, -0.2) is 49.6 Å². The van der Waals surface area contributed by atoms with Crippen molar-refractivity contribution in [2.75, 3.05) is 36.6 Å². The lowest BCUT2D eigenvalue weighted by molar-refractivity contribution is -0.135. The van der Waals surface area contributed by atoms with E-state index in [0.717, 1.165) is 35.4 Å². The van der Waals surface area contributed by atoms with E-state index < -0.39 is 6.04 Å². The van der Waals surface area contributed by atoms with Crippen LogP contribution >= 0.6 is 0 Å². The number of nitrogens with zero attached hydrogens (tertiary/aromatic N) is 3. The van der Waals surface area contributed by atoms with Gasteiger partial charge in [-0.1, -0.05) is 54.6 Å². The van der Waals surface area contributed by atoms with E-state index in [0.29, 0.717) is 18.9 Å². The summed E-state index contributed by atoms with van der Waals surface area (Å²) in [6.45, 7) is 9.22. The van der Waals surface area contributed by atoms with Gasteiger partial charge < -0.3 is 14.5 Å². The summed E-state index contributed by atoms with van der Waals surface area (Å²) in [6, 6.07) is 16.9. The molecule has 2 amide bonds. The normalized spacial score (nSPS) is 18.4. The smallest absolute Gasteiger partial charge is 0.255 e. The summed E-state index contributed by atoms with van der Waals surface area (Å²) in [5.41, 5.74) is 4.12. The third-order valence-corrected chi connectivity index (χ3v) is 6.62. The highest BCUT2D eigenvalue weighted by molar-refractivity contribution is 6.07. The average molecular weight is 486 g/mol. The first kappa shape index (κ1) is 25.5. The first-order valence-corrected chi connectivity index (χ1v) is 12.5. The second-order valence-corrected chi connectivity index (χ2v) is 9.38. The molecule has 1 atom stereocenters. The number of benzene rings is 2. The predicted octanol–water partition coefficient (Wildman–Crippen LogP) is 5.25. The Labute approximate surface area is 214 Å². The maximum absolute atomic E-state index is 14.2. The third-order valence-electron chi connectivity index (χ3n) is 6.62. The largest absolute Gasteiger partial charge is 0.381 e. The van der Waals surface area contributed by atoms with Crippen LogP contribution < -0.4 is 9.80 Å². The Bertz CT molecular complexity index is 1160. The van der Waals surface area contributed by atoms with E-state index in [-0.39, 0.29) is 24.4 Å². The van der Waals surface area contributed by atoms with Crippen molar-refractivity contribution in [3.05, 3.63) is 96.2 Å². The van der Waals surface area contributed by atoms with Gasteiger partial charge in [0.1, 0.15) is 6.04 Å². The molecular weight excluding hydrogens is 450 g/mol. The molecular formula is C30H35N3O3. The van der Waals surface area contributed by atoms with Gasteiger partial charge >= 0.3 is 0 Å². The number of hydrogen-bond acceptors (Lipinski definition) is 4. The monoisotopic (exact) mass is 485 g/mol. The van der Waals surface area contributed by atoms with Crippen LogP contribution in [0.25, 0.3) is 0 Å². The molecule has 2 aliphatic rings. The molecule has 0 radical (unpaired) electrons. The van der Waals surface area contributed by atoms with E-state index in [9.17, 15) is 9.59 Å². The maximum atomic E-state index is 14.2. The Morgan fingerprint density at radius 2 is 1.78 bits per heavy atom. The minimum absolute atomic E-state index is 0.0524. The van der Waals surface area contributed by atoms with E-state index in [4.69, 9.17) is 4.74 Å². The van der Waals surface area contributed by atoms with Crippen LogP contribution in [0, 0.1) is 0 Å². The number of allylic oxidation sites excluding steroid dienone is 4. The summed E-state index contributed by atoms with van der Waals surface area (Å²) in [7, 11) is 1.89. The van der Waals surface area contributed by atoms with Gasteiger partial charge in [-0.25, -0.2) is 0 Å². The summed E-state index contributed by atoms with van der Waals surface area (Å²) >= 11 is 0. The van der Waals surface area contributed by atoms with Gasteiger partial charge in [0.15, 0.2) is 0 Å². The van der Waals surface area contributed by atoms with Crippen LogP contribution in [0.15, 0.2) is 90.7 Å². The van der Waals surface area contributed by atoms with Crippen molar-refractivity contribution < 1.29 is 14.3 Å². The Balaban J connectivity index is 1.77. The van der Waals surface area contributed by atoms with E-state index in [1.165, 1.54) is 0 Å². The zero-order valence-corrected chi connectivity index (χ0v) is 21.4. The van der Waals surface area contributed by atoms with Crippen LogP contribution in [0.4, 0.5) is 11.4 Å². The number of ether oxygens (including phenoxy) is 1. The molecule has 6 heteroatoms. The fourth-order valence-corrected chi connectivity index (χ4v) is 5.00. The number of likely N-dealkylation sites (N-methyl/N-ethyl adjacent to an activating group) is 1. The summed E-state index contributed by atoms with van der Waals surface area (Å²) in [6.07, 6.45) is 7.19. The summed E-state index contributed by atoms with van der Waals surface area (Å²) in [5, 5.41) is 0. The van der Waals surface area contributed by atoms with Crippen LogP contribution in [0.2, 0.25) is 0 Å². The number of rotatable bonds is 8. The molecule has 2 aliphatic heterocycles. The number of fused-ring (bicyclic) bond motifs is 1. The van der Waals surface area contributed by atoms with Gasteiger partial charge in [-0.15, -0.1) is 0 Å². The molecule has 0 saturated carbocycles. The van der Waals surface area contributed by atoms with Crippen molar-refractivity contribution in [3.8, 4) is 0 Å². The van der Waals surface area contributed by atoms with Crippen molar-refractivity contribution in [2.45, 2.75) is 38.8 Å². The standard InChI is InChI=1S/C30H35N3O3/c1-5-11-25(20-22(2)3)33(28(34)21-31(4)23-12-7-6-8-13-23)29-26-14-9-10-15-27(26)32(30(29)35)24-16-18-36-19-17-24/h5-15,20,24,29H,2,16-19,21H2,1,3-4H3/b11-5-,25-20+. The van der Waals surface area contributed by atoms with E-state index >= 15 is 0 Å². The molecule has 2 aromatic carbocycles. The first-order chi connectivity index (χ1) is 17.4. The maximum Gasteiger partial charge on any atom is 0.255 e. The van der Waals surface area contributed by atoms with Crippen LogP contribution in [0.1, 0.15) is 38.3 Å². The second-order valence-electron chi connectivity index (χ2n) is 9.38. The molecule has 4 rings (SSSR count). The first-order valence-electron chi connectivity index (χ1n) is 12.5. The molecule has 2 heterocycles. The van der Waals surface area contributed by atoms with E-state index in [1.807, 2.05) is 104 Å². The van der Waals surface area contributed by atoms with Crippen molar-refractivity contribution in [3.63, 3.8) is 0 Å². The molecule has 0 N–H and O–H groups in total. The molecule has 2 aromatic rings.